The van der Waals surface area contributed by atoms with Gasteiger partial charge in [0.2, 0.25) is 0 Å². The number of ether oxygens (including phenoxy) is 3. The van der Waals surface area contributed by atoms with E-state index >= 15 is 0 Å². The highest BCUT2D eigenvalue weighted by Crippen LogP contribution is 2.32. The third-order valence-electron chi connectivity index (χ3n) is 8.06. The molecule has 0 saturated carbocycles. The number of aliphatic hydroxyl groups excluding tert-OH is 3. The molecule has 232 valence electrons. The smallest absolute Gasteiger partial charge is 0.309 e. The number of likely N-dealkylation sites (N-methyl/N-ethyl adjacent to an activating group) is 1. The van der Waals surface area contributed by atoms with Gasteiger partial charge in [0, 0.05) is 18.3 Å². The lowest BCUT2D eigenvalue weighted by Gasteiger charge is -2.45. The van der Waals surface area contributed by atoms with E-state index in [1.165, 1.54) is 6.08 Å². The Labute approximate surface area is 244 Å². The molecular formula is C31H49NO9. The summed E-state index contributed by atoms with van der Waals surface area (Å²) in [6.07, 6.45) is 2.94. The molecule has 0 bridgehead atoms. The minimum absolute atomic E-state index is 0.0747. The summed E-state index contributed by atoms with van der Waals surface area (Å²) in [5, 5.41) is 31.7. The maximum Gasteiger partial charge on any atom is 0.309 e. The molecule has 1 unspecified atom stereocenters. The van der Waals surface area contributed by atoms with Crippen LogP contribution >= 0.6 is 0 Å². The van der Waals surface area contributed by atoms with E-state index in [4.69, 9.17) is 14.2 Å². The highest BCUT2D eigenvalue weighted by molar-refractivity contribution is 5.91. The highest BCUT2D eigenvalue weighted by Gasteiger charge is 2.46. The second kappa shape index (κ2) is 16.4. The summed E-state index contributed by atoms with van der Waals surface area (Å²) in [5.74, 6) is -1.95. The standard InChI is InChI=1S/C31H49NO9/c1-8-25-23(17-34)15-18(2)9-11-24(35)20(4)16-22(13-14-33)30(19(3)10-12-26(36)40-25)41-31-29(38)27(32(6)7)28(37)21(5)39-31/h9-11,14-15,20-23,25,27-31,34,37-38H,8,12-13,16-17H2,1-7H3/b11-9+,18-15+,19-10+/t20-,21-,22?,23-,25-,27+,28-,29-,30-,31+/m1/s1. The zero-order valence-electron chi connectivity index (χ0n) is 25.4. The average Bonchev–Trinajstić information content (AvgIpc) is 2.92. The van der Waals surface area contributed by atoms with Crippen LogP contribution in [-0.2, 0) is 28.6 Å². The fourth-order valence-corrected chi connectivity index (χ4v) is 5.61. The number of aldehydes is 1. The van der Waals surface area contributed by atoms with Crippen LogP contribution in [0.4, 0.5) is 0 Å². The lowest BCUT2D eigenvalue weighted by atomic mass is 9.83. The molecule has 10 atom stereocenters. The maximum atomic E-state index is 13.1. The SMILES string of the molecule is CC[C@H]1OC(=O)C/C=C(\C)[C@@H](O[C@@H]2O[C@H](C)[C@@H](O)[C@H](N(C)C)[C@H]2O)C(CC=O)C[C@@H](C)C(=O)/C=C/C(C)=C/[C@@H]1CO. The first kappa shape index (κ1) is 35.0. The molecular weight excluding hydrogens is 530 g/mol. The number of allylic oxidation sites excluding steroid dienone is 3. The third kappa shape index (κ3) is 9.66. The Morgan fingerprint density at radius 2 is 1.80 bits per heavy atom. The summed E-state index contributed by atoms with van der Waals surface area (Å²) < 4.78 is 18.0. The van der Waals surface area contributed by atoms with Gasteiger partial charge in [0.15, 0.2) is 12.1 Å². The monoisotopic (exact) mass is 579 g/mol. The Hall–Kier alpha value is -2.21. The molecule has 41 heavy (non-hydrogen) atoms. The second-order valence-electron chi connectivity index (χ2n) is 11.6. The van der Waals surface area contributed by atoms with Crippen LogP contribution in [0.2, 0.25) is 0 Å². The molecule has 0 radical (unpaired) electrons. The predicted molar refractivity (Wildman–Crippen MR) is 154 cm³/mol. The van der Waals surface area contributed by atoms with Crippen molar-refractivity contribution < 1.29 is 43.9 Å². The van der Waals surface area contributed by atoms with Crippen molar-refractivity contribution >= 4 is 18.0 Å². The second-order valence-corrected chi connectivity index (χ2v) is 11.6. The Morgan fingerprint density at radius 3 is 2.39 bits per heavy atom. The molecule has 0 aromatic heterocycles. The molecule has 10 nitrogen and oxygen atoms in total. The van der Waals surface area contributed by atoms with Crippen LogP contribution in [0.3, 0.4) is 0 Å². The predicted octanol–water partition coefficient (Wildman–Crippen LogP) is 2.35. The zero-order chi connectivity index (χ0) is 30.9. The van der Waals surface area contributed by atoms with Crippen molar-refractivity contribution in [2.24, 2.45) is 17.8 Å². The van der Waals surface area contributed by atoms with Crippen molar-refractivity contribution in [3.8, 4) is 0 Å². The summed E-state index contributed by atoms with van der Waals surface area (Å²) >= 11 is 0. The molecule has 2 heterocycles. The van der Waals surface area contributed by atoms with E-state index in [-0.39, 0.29) is 25.2 Å². The van der Waals surface area contributed by atoms with Crippen LogP contribution in [0.25, 0.3) is 0 Å². The topological polar surface area (TPSA) is 143 Å². The van der Waals surface area contributed by atoms with E-state index in [0.717, 1.165) is 11.9 Å². The summed E-state index contributed by atoms with van der Waals surface area (Å²) in [4.78, 5) is 39.4. The molecule has 10 heteroatoms. The Bertz CT molecular complexity index is 975. The van der Waals surface area contributed by atoms with Crippen LogP contribution in [0.1, 0.15) is 60.3 Å². The third-order valence-corrected chi connectivity index (χ3v) is 8.06. The number of carbonyl (C=O) groups is 3. The van der Waals surface area contributed by atoms with Crippen molar-refractivity contribution in [2.45, 2.75) is 103 Å². The van der Waals surface area contributed by atoms with Gasteiger partial charge in [-0.3, -0.25) is 9.59 Å². The van der Waals surface area contributed by atoms with Crippen LogP contribution in [-0.4, -0.2) is 102 Å². The Balaban J connectivity index is 2.51. The molecule has 2 aliphatic heterocycles. The molecule has 1 fully saturated rings. The minimum atomic E-state index is -1.20. The first-order chi connectivity index (χ1) is 19.3. The first-order valence-electron chi connectivity index (χ1n) is 14.5. The average molecular weight is 580 g/mol. The van der Waals surface area contributed by atoms with Gasteiger partial charge in [-0.2, -0.15) is 0 Å². The number of rotatable bonds is 7. The fourth-order valence-electron chi connectivity index (χ4n) is 5.61. The van der Waals surface area contributed by atoms with Gasteiger partial charge >= 0.3 is 5.97 Å². The van der Waals surface area contributed by atoms with E-state index in [1.807, 2.05) is 13.8 Å². The van der Waals surface area contributed by atoms with E-state index in [0.29, 0.717) is 18.4 Å². The molecule has 0 spiro atoms. The lowest BCUT2D eigenvalue weighted by Crippen LogP contribution is -2.62. The van der Waals surface area contributed by atoms with Gasteiger partial charge in [0.1, 0.15) is 18.5 Å². The van der Waals surface area contributed by atoms with Gasteiger partial charge in [-0.05, 0) is 65.3 Å². The van der Waals surface area contributed by atoms with E-state index in [2.05, 4.69) is 0 Å². The van der Waals surface area contributed by atoms with Crippen molar-refractivity contribution in [2.75, 3.05) is 20.7 Å². The number of ketones is 1. The van der Waals surface area contributed by atoms with Gasteiger partial charge in [-0.1, -0.05) is 37.6 Å². The quantitative estimate of drug-likeness (QED) is 0.234. The first-order valence-corrected chi connectivity index (χ1v) is 14.5. The number of nitrogens with zero attached hydrogens (tertiary/aromatic N) is 1. The number of hydrogen-bond donors (Lipinski definition) is 3. The number of carbonyl (C=O) groups excluding carboxylic acids is 3. The van der Waals surface area contributed by atoms with Gasteiger partial charge in [0.25, 0.3) is 0 Å². The van der Waals surface area contributed by atoms with E-state index in [9.17, 15) is 29.7 Å². The molecule has 1 saturated heterocycles. The van der Waals surface area contributed by atoms with E-state index in [1.54, 1.807) is 58.0 Å². The molecule has 0 aromatic rings. The molecule has 0 aliphatic carbocycles. The van der Waals surface area contributed by atoms with E-state index < -0.39 is 66.6 Å². The van der Waals surface area contributed by atoms with Gasteiger partial charge < -0.3 is 39.2 Å². The lowest BCUT2D eigenvalue weighted by molar-refractivity contribution is -0.293. The number of aliphatic hydroxyl groups is 3. The maximum absolute atomic E-state index is 13.1. The van der Waals surface area contributed by atoms with Gasteiger partial charge in [-0.15, -0.1) is 0 Å². The van der Waals surface area contributed by atoms with Gasteiger partial charge in [-0.25, -0.2) is 0 Å². The zero-order valence-corrected chi connectivity index (χ0v) is 25.4. The van der Waals surface area contributed by atoms with Crippen molar-refractivity contribution in [3.63, 3.8) is 0 Å². The molecule has 2 rings (SSSR count). The normalized spacial score (nSPS) is 39.8. The number of cyclic esters (lactones) is 1. The Morgan fingerprint density at radius 1 is 1.12 bits per heavy atom. The molecule has 0 amide bonds. The minimum Gasteiger partial charge on any atom is -0.461 e. The summed E-state index contributed by atoms with van der Waals surface area (Å²) in [6, 6.07) is -0.661. The largest absolute Gasteiger partial charge is 0.461 e. The highest BCUT2D eigenvalue weighted by atomic mass is 16.7. The summed E-state index contributed by atoms with van der Waals surface area (Å²) in [6.45, 7) is 8.71. The summed E-state index contributed by atoms with van der Waals surface area (Å²) in [7, 11) is 3.49. The Kier molecular flexibility index (Phi) is 14.0. The van der Waals surface area contributed by atoms with Gasteiger partial charge in [0.05, 0.1) is 37.4 Å². The molecule has 3 N–H and O–H groups in total. The van der Waals surface area contributed by atoms with Crippen molar-refractivity contribution in [1.29, 1.82) is 0 Å². The van der Waals surface area contributed by atoms with Crippen LogP contribution < -0.4 is 0 Å². The summed E-state index contributed by atoms with van der Waals surface area (Å²) in [5.41, 5.74) is 1.37. The molecule has 0 aromatic carbocycles. The van der Waals surface area contributed by atoms with Crippen molar-refractivity contribution in [1.82, 2.24) is 4.90 Å². The number of hydrogen-bond acceptors (Lipinski definition) is 10. The molecule has 2 aliphatic rings. The number of esters is 1. The van der Waals surface area contributed by atoms with Crippen LogP contribution in [0, 0.1) is 17.8 Å². The van der Waals surface area contributed by atoms with Crippen molar-refractivity contribution in [3.05, 3.63) is 35.5 Å². The fraction of sp³-hybridized carbons (Fsp3) is 0.710. The van der Waals surface area contributed by atoms with Crippen LogP contribution in [0.5, 0.6) is 0 Å². The van der Waals surface area contributed by atoms with Crippen LogP contribution in [0.15, 0.2) is 35.5 Å².